The van der Waals surface area contributed by atoms with Crippen LogP contribution in [0.25, 0.3) is 11.1 Å². The monoisotopic (exact) mass is 347 g/mol. The van der Waals surface area contributed by atoms with E-state index in [0.29, 0.717) is 0 Å². The summed E-state index contributed by atoms with van der Waals surface area (Å²) in [6.07, 6.45) is 0.982. The lowest BCUT2D eigenvalue weighted by Gasteiger charge is -2.35. The van der Waals surface area contributed by atoms with Crippen molar-refractivity contribution in [1.82, 2.24) is 0 Å². The standard InChI is InChI=1S/C26H21N/c1-19-15-16-26(23(17-19)20-9-3-2-4-10-20)27-24-13-7-5-11-21(24)18-22-12-6-8-14-25(22)27/h2-17H,18H2,1H3. The van der Waals surface area contributed by atoms with Gasteiger partial charge in [-0.25, -0.2) is 0 Å². The molecule has 1 heterocycles. The normalized spacial score (nSPS) is 12.4. The summed E-state index contributed by atoms with van der Waals surface area (Å²) in [4.78, 5) is 2.43. The Morgan fingerprint density at radius 1 is 0.593 bits per heavy atom. The van der Waals surface area contributed by atoms with Crippen molar-refractivity contribution >= 4 is 17.1 Å². The lowest BCUT2D eigenvalue weighted by atomic mass is 9.93. The van der Waals surface area contributed by atoms with Gasteiger partial charge >= 0.3 is 0 Å². The Kier molecular flexibility index (Phi) is 3.79. The van der Waals surface area contributed by atoms with E-state index in [-0.39, 0.29) is 0 Å². The van der Waals surface area contributed by atoms with Crippen LogP contribution in [0.3, 0.4) is 0 Å². The molecule has 0 aromatic heterocycles. The molecule has 1 aliphatic rings. The van der Waals surface area contributed by atoms with Crippen molar-refractivity contribution in [3.8, 4) is 11.1 Å². The number of fused-ring (bicyclic) bond motifs is 2. The summed E-state index contributed by atoms with van der Waals surface area (Å²) in [5.41, 5.74) is 10.3. The quantitative estimate of drug-likeness (QED) is 0.331. The summed E-state index contributed by atoms with van der Waals surface area (Å²) < 4.78 is 0. The molecule has 0 aliphatic carbocycles. The Labute approximate surface area is 160 Å². The largest absolute Gasteiger partial charge is 0.309 e. The molecule has 5 rings (SSSR count). The highest BCUT2D eigenvalue weighted by atomic mass is 15.2. The van der Waals surface area contributed by atoms with Crippen molar-refractivity contribution in [2.45, 2.75) is 13.3 Å². The minimum Gasteiger partial charge on any atom is -0.309 e. The third kappa shape index (κ3) is 2.72. The smallest absolute Gasteiger partial charge is 0.0540 e. The summed E-state index contributed by atoms with van der Waals surface area (Å²) >= 11 is 0. The molecule has 4 aromatic rings. The number of anilines is 3. The van der Waals surface area contributed by atoms with E-state index in [2.05, 4.69) is 109 Å². The van der Waals surface area contributed by atoms with Crippen molar-refractivity contribution in [1.29, 1.82) is 0 Å². The van der Waals surface area contributed by atoms with E-state index in [1.54, 1.807) is 0 Å². The number of benzene rings is 4. The van der Waals surface area contributed by atoms with E-state index in [1.165, 1.54) is 44.9 Å². The Balaban J connectivity index is 1.79. The second-order valence-corrected chi connectivity index (χ2v) is 7.16. The molecule has 130 valence electrons. The van der Waals surface area contributed by atoms with Gasteiger partial charge in [0.25, 0.3) is 0 Å². The Hall–Kier alpha value is -3.32. The molecule has 0 unspecified atom stereocenters. The van der Waals surface area contributed by atoms with Crippen LogP contribution in [0.5, 0.6) is 0 Å². The molecule has 1 aliphatic heterocycles. The van der Waals surface area contributed by atoms with Gasteiger partial charge in [-0.15, -0.1) is 0 Å². The van der Waals surface area contributed by atoms with E-state index >= 15 is 0 Å². The van der Waals surface area contributed by atoms with Gasteiger partial charge in [0.15, 0.2) is 0 Å². The van der Waals surface area contributed by atoms with Crippen LogP contribution in [-0.4, -0.2) is 0 Å². The lowest BCUT2D eigenvalue weighted by molar-refractivity contribution is 1.09. The van der Waals surface area contributed by atoms with Gasteiger partial charge in [0.1, 0.15) is 0 Å². The van der Waals surface area contributed by atoms with Gasteiger partial charge < -0.3 is 4.90 Å². The van der Waals surface area contributed by atoms with E-state index < -0.39 is 0 Å². The van der Waals surface area contributed by atoms with Gasteiger partial charge in [-0.1, -0.05) is 78.4 Å². The van der Waals surface area contributed by atoms with Crippen LogP contribution in [-0.2, 0) is 6.42 Å². The molecule has 0 radical (unpaired) electrons. The maximum absolute atomic E-state index is 2.43. The van der Waals surface area contributed by atoms with Crippen LogP contribution in [0.4, 0.5) is 17.1 Å². The first-order valence-corrected chi connectivity index (χ1v) is 9.43. The van der Waals surface area contributed by atoms with Crippen LogP contribution >= 0.6 is 0 Å². The van der Waals surface area contributed by atoms with Crippen LogP contribution in [0.2, 0.25) is 0 Å². The third-order valence-electron chi connectivity index (χ3n) is 5.32. The highest BCUT2D eigenvalue weighted by Gasteiger charge is 2.25. The van der Waals surface area contributed by atoms with Crippen molar-refractivity contribution in [3.05, 3.63) is 114 Å². The van der Waals surface area contributed by atoms with E-state index in [0.717, 1.165) is 6.42 Å². The second-order valence-electron chi connectivity index (χ2n) is 7.16. The van der Waals surface area contributed by atoms with Crippen molar-refractivity contribution in [2.24, 2.45) is 0 Å². The number of para-hydroxylation sites is 2. The zero-order valence-electron chi connectivity index (χ0n) is 15.4. The molecule has 27 heavy (non-hydrogen) atoms. The number of nitrogens with zero attached hydrogens (tertiary/aromatic N) is 1. The predicted molar refractivity (Wildman–Crippen MR) is 114 cm³/mol. The second kappa shape index (κ2) is 6.44. The van der Waals surface area contributed by atoms with Crippen LogP contribution < -0.4 is 4.90 Å². The Morgan fingerprint density at radius 2 is 1.19 bits per heavy atom. The fraction of sp³-hybridized carbons (Fsp3) is 0.0769. The summed E-state index contributed by atoms with van der Waals surface area (Å²) in [6.45, 7) is 2.16. The van der Waals surface area contributed by atoms with E-state index in [1.807, 2.05) is 0 Å². The first kappa shape index (κ1) is 15.9. The molecule has 0 bridgehead atoms. The predicted octanol–water partition coefficient (Wildman–Crippen LogP) is 7.04. The highest BCUT2D eigenvalue weighted by molar-refractivity contribution is 5.91. The molecular formula is C26H21N. The maximum atomic E-state index is 2.43. The third-order valence-corrected chi connectivity index (χ3v) is 5.32. The van der Waals surface area contributed by atoms with Gasteiger partial charge in [-0.2, -0.15) is 0 Å². The molecule has 0 saturated carbocycles. The van der Waals surface area contributed by atoms with Crippen molar-refractivity contribution in [3.63, 3.8) is 0 Å². The molecule has 1 heteroatoms. The minimum atomic E-state index is 0.982. The van der Waals surface area contributed by atoms with Gasteiger partial charge in [0.05, 0.1) is 5.69 Å². The SMILES string of the molecule is Cc1ccc(N2c3ccccc3Cc3ccccc32)c(-c2ccccc2)c1. The van der Waals surface area contributed by atoms with Gasteiger partial charge in [0.2, 0.25) is 0 Å². The summed E-state index contributed by atoms with van der Waals surface area (Å²) in [5.74, 6) is 0. The fourth-order valence-electron chi connectivity index (χ4n) is 4.05. The number of hydrogen-bond acceptors (Lipinski definition) is 1. The van der Waals surface area contributed by atoms with Crippen molar-refractivity contribution < 1.29 is 0 Å². The summed E-state index contributed by atoms with van der Waals surface area (Å²) in [5, 5.41) is 0. The molecule has 0 amide bonds. The van der Waals surface area contributed by atoms with Gasteiger partial charge in [-0.3, -0.25) is 0 Å². The number of aryl methyl sites for hydroxylation is 1. The molecule has 0 spiro atoms. The average molecular weight is 347 g/mol. The average Bonchev–Trinajstić information content (AvgIpc) is 2.73. The zero-order valence-corrected chi connectivity index (χ0v) is 15.4. The fourth-order valence-corrected chi connectivity index (χ4v) is 4.05. The van der Waals surface area contributed by atoms with Crippen LogP contribution in [0.1, 0.15) is 16.7 Å². The molecule has 1 nitrogen and oxygen atoms in total. The van der Waals surface area contributed by atoms with E-state index in [9.17, 15) is 0 Å². The Morgan fingerprint density at radius 3 is 1.85 bits per heavy atom. The maximum Gasteiger partial charge on any atom is 0.0540 e. The van der Waals surface area contributed by atoms with Crippen molar-refractivity contribution in [2.75, 3.05) is 4.90 Å². The molecule has 0 N–H and O–H groups in total. The zero-order chi connectivity index (χ0) is 18.2. The molecule has 0 fully saturated rings. The number of rotatable bonds is 2. The summed E-state index contributed by atoms with van der Waals surface area (Å²) in [7, 11) is 0. The lowest BCUT2D eigenvalue weighted by Crippen LogP contribution is -2.19. The summed E-state index contributed by atoms with van der Waals surface area (Å²) in [6, 6.07) is 35.0. The number of hydrogen-bond donors (Lipinski definition) is 0. The first-order valence-electron chi connectivity index (χ1n) is 9.43. The molecule has 0 atom stereocenters. The van der Waals surface area contributed by atoms with Crippen LogP contribution in [0, 0.1) is 6.92 Å². The molecule has 4 aromatic carbocycles. The Bertz CT molecular complexity index is 1070. The van der Waals surface area contributed by atoms with Crippen LogP contribution in [0.15, 0.2) is 97.1 Å². The van der Waals surface area contributed by atoms with E-state index in [4.69, 9.17) is 0 Å². The molecule has 0 saturated heterocycles. The minimum absolute atomic E-state index is 0.982. The first-order chi connectivity index (χ1) is 13.3. The topological polar surface area (TPSA) is 3.24 Å². The van der Waals surface area contributed by atoms with Gasteiger partial charge in [-0.05, 0) is 47.9 Å². The van der Waals surface area contributed by atoms with Gasteiger partial charge in [0, 0.05) is 23.4 Å². The highest BCUT2D eigenvalue weighted by Crippen LogP contribution is 2.46. The molecular weight excluding hydrogens is 326 g/mol.